The fourth-order valence-corrected chi connectivity index (χ4v) is 1.61. The lowest BCUT2D eigenvalue weighted by Crippen LogP contribution is -2.10. The number of aromatic nitrogens is 1. The molecule has 1 aromatic heterocycles. The number of hydrogen-bond acceptors (Lipinski definition) is 1. The van der Waals surface area contributed by atoms with Crippen molar-refractivity contribution in [2.24, 2.45) is 0 Å². The fraction of sp³-hybridized carbons (Fsp3) is 0.545. The summed E-state index contributed by atoms with van der Waals surface area (Å²) >= 11 is 0. The average molecular weight is 179 g/mol. The SMILES string of the molecule is CCc1ccc(C=O)n1[C@H](C)CC. The van der Waals surface area contributed by atoms with Crippen LogP contribution in [0.1, 0.15) is 49.4 Å². The van der Waals surface area contributed by atoms with Gasteiger partial charge in [-0.3, -0.25) is 4.79 Å². The van der Waals surface area contributed by atoms with E-state index in [0.717, 1.165) is 24.8 Å². The minimum absolute atomic E-state index is 0.421. The predicted molar refractivity (Wildman–Crippen MR) is 54.2 cm³/mol. The molecule has 72 valence electrons. The molecule has 0 aliphatic heterocycles. The van der Waals surface area contributed by atoms with Crippen LogP contribution < -0.4 is 0 Å². The van der Waals surface area contributed by atoms with E-state index in [0.29, 0.717) is 6.04 Å². The molecule has 0 aromatic carbocycles. The normalized spacial score (nSPS) is 12.8. The molecule has 1 aromatic rings. The molecule has 0 unspecified atom stereocenters. The van der Waals surface area contributed by atoms with Gasteiger partial charge in [0.15, 0.2) is 6.29 Å². The van der Waals surface area contributed by atoms with Crippen molar-refractivity contribution >= 4 is 6.29 Å². The van der Waals surface area contributed by atoms with Crippen LogP contribution in [0.3, 0.4) is 0 Å². The summed E-state index contributed by atoms with van der Waals surface area (Å²) in [7, 11) is 0. The van der Waals surface area contributed by atoms with Crippen molar-refractivity contribution < 1.29 is 4.79 Å². The van der Waals surface area contributed by atoms with E-state index in [1.165, 1.54) is 5.69 Å². The molecule has 0 aliphatic rings. The summed E-state index contributed by atoms with van der Waals surface area (Å²) in [6.07, 6.45) is 2.98. The molecule has 1 heterocycles. The summed E-state index contributed by atoms with van der Waals surface area (Å²) in [6.45, 7) is 6.40. The smallest absolute Gasteiger partial charge is 0.166 e. The van der Waals surface area contributed by atoms with E-state index < -0.39 is 0 Å². The van der Waals surface area contributed by atoms with Crippen LogP contribution in [0.2, 0.25) is 0 Å². The Balaban J connectivity index is 3.11. The van der Waals surface area contributed by atoms with Crippen molar-refractivity contribution in [2.75, 3.05) is 0 Å². The predicted octanol–water partition coefficient (Wildman–Crippen LogP) is 2.83. The van der Waals surface area contributed by atoms with Gasteiger partial charge >= 0.3 is 0 Å². The fourth-order valence-electron chi connectivity index (χ4n) is 1.61. The van der Waals surface area contributed by atoms with Crippen LogP contribution in [0.15, 0.2) is 12.1 Å². The summed E-state index contributed by atoms with van der Waals surface area (Å²) in [6, 6.07) is 4.36. The molecule has 0 amide bonds. The molecule has 0 saturated carbocycles. The number of aldehydes is 1. The molecule has 0 fully saturated rings. The van der Waals surface area contributed by atoms with Crippen molar-refractivity contribution in [1.82, 2.24) is 4.57 Å². The first kappa shape index (κ1) is 10.0. The Labute approximate surface area is 79.6 Å². The third-order valence-corrected chi connectivity index (χ3v) is 2.55. The summed E-state index contributed by atoms with van der Waals surface area (Å²) in [4.78, 5) is 10.8. The van der Waals surface area contributed by atoms with Gasteiger partial charge in [0.2, 0.25) is 0 Å². The number of aryl methyl sites for hydroxylation is 1. The van der Waals surface area contributed by atoms with Crippen molar-refractivity contribution in [3.8, 4) is 0 Å². The van der Waals surface area contributed by atoms with Crippen LogP contribution in [0.4, 0.5) is 0 Å². The summed E-state index contributed by atoms with van der Waals surface area (Å²) in [5.74, 6) is 0. The van der Waals surface area contributed by atoms with Crippen molar-refractivity contribution in [3.05, 3.63) is 23.5 Å². The van der Waals surface area contributed by atoms with Crippen molar-refractivity contribution in [2.45, 2.75) is 39.7 Å². The first-order chi connectivity index (χ1) is 6.24. The van der Waals surface area contributed by atoms with Gasteiger partial charge in [-0.05, 0) is 31.9 Å². The Kier molecular flexibility index (Phi) is 3.29. The highest BCUT2D eigenvalue weighted by Crippen LogP contribution is 2.18. The van der Waals surface area contributed by atoms with Gasteiger partial charge in [0.05, 0.1) is 5.69 Å². The first-order valence-electron chi connectivity index (χ1n) is 4.89. The number of nitrogens with zero attached hydrogens (tertiary/aromatic N) is 1. The molecular weight excluding hydrogens is 162 g/mol. The lowest BCUT2D eigenvalue weighted by molar-refractivity contribution is 0.111. The zero-order valence-corrected chi connectivity index (χ0v) is 8.58. The Morgan fingerprint density at radius 1 is 1.46 bits per heavy atom. The highest BCUT2D eigenvalue weighted by molar-refractivity contribution is 5.72. The van der Waals surface area contributed by atoms with E-state index in [2.05, 4.69) is 25.3 Å². The number of carbonyl (C=O) groups is 1. The van der Waals surface area contributed by atoms with Crippen LogP contribution in [-0.4, -0.2) is 10.9 Å². The molecule has 0 bridgehead atoms. The minimum Gasteiger partial charge on any atom is -0.340 e. The van der Waals surface area contributed by atoms with E-state index in [9.17, 15) is 4.79 Å². The summed E-state index contributed by atoms with van der Waals surface area (Å²) in [5, 5.41) is 0. The van der Waals surface area contributed by atoms with Gasteiger partial charge < -0.3 is 4.57 Å². The van der Waals surface area contributed by atoms with Crippen LogP contribution >= 0.6 is 0 Å². The van der Waals surface area contributed by atoms with Crippen molar-refractivity contribution in [1.29, 1.82) is 0 Å². The zero-order chi connectivity index (χ0) is 9.84. The van der Waals surface area contributed by atoms with Crippen LogP contribution in [0, 0.1) is 0 Å². The molecule has 0 saturated heterocycles. The molecule has 0 aliphatic carbocycles. The highest BCUT2D eigenvalue weighted by Gasteiger charge is 2.10. The molecule has 1 atom stereocenters. The van der Waals surface area contributed by atoms with Crippen molar-refractivity contribution in [3.63, 3.8) is 0 Å². The third-order valence-electron chi connectivity index (χ3n) is 2.55. The Hall–Kier alpha value is -1.05. The maximum atomic E-state index is 10.8. The second kappa shape index (κ2) is 4.26. The summed E-state index contributed by atoms with van der Waals surface area (Å²) < 4.78 is 2.13. The van der Waals surface area contributed by atoms with E-state index in [1.807, 2.05) is 12.1 Å². The largest absolute Gasteiger partial charge is 0.340 e. The van der Waals surface area contributed by atoms with E-state index in [-0.39, 0.29) is 0 Å². The maximum Gasteiger partial charge on any atom is 0.166 e. The lowest BCUT2D eigenvalue weighted by Gasteiger charge is -2.16. The zero-order valence-electron chi connectivity index (χ0n) is 8.58. The Bertz CT molecular complexity index is 288. The van der Waals surface area contributed by atoms with Gasteiger partial charge in [-0.15, -0.1) is 0 Å². The van der Waals surface area contributed by atoms with E-state index >= 15 is 0 Å². The Morgan fingerprint density at radius 2 is 2.15 bits per heavy atom. The van der Waals surface area contributed by atoms with Gasteiger partial charge in [-0.1, -0.05) is 13.8 Å². The van der Waals surface area contributed by atoms with Gasteiger partial charge in [0, 0.05) is 11.7 Å². The number of hydrogen-bond donors (Lipinski definition) is 0. The summed E-state index contributed by atoms with van der Waals surface area (Å²) in [5.41, 5.74) is 2.04. The third kappa shape index (κ3) is 1.82. The molecule has 0 spiro atoms. The molecule has 13 heavy (non-hydrogen) atoms. The van der Waals surface area contributed by atoms with E-state index in [1.54, 1.807) is 0 Å². The lowest BCUT2D eigenvalue weighted by atomic mass is 10.2. The molecule has 0 radical (unpaired) electrons. The molecule has 0 N–H and O–H groups in total. The molecule has 1 rings (SSSR count). The quantitative estimate of drug-likeness (QED) is 0.651. The van der Waals surface area contributed by atoms with Gasteiger partial charge in [0.1, 0.15) is 0 Å². The highest BCUT2D eigenvalue weighted by atomic mass is 16.1. The second-order valence-electron chi connectivity index (χ2n) is 3.35. The maximum absolute atomic E-state index is 10.8. The minimum atomic E-state index is 0.421. The topological polar surface area (TPSA) is 22.0 Å². The molecule has 2 nitrogen and oxygen atoms in total. The van der Waals surface area contributed by atoms with Crippen LogP contribution in [0.5, 0.6) is 0 Å². The molecule has 2 heteroatoms. The first-order valence-corrected chi connectivity index (χ1v) is 4.89. The number of carbonyl (C=O) groups excluding carboxylic acids is 1. The van der Waals surface area contributed by atoms with Crippen LogP contribution in [-0.2, 0) is 6.42 Å². The monoisotopic (exact) mass is 179 g/mol. The Morgan fingerprint density at radius 3 is 2.62 bits per heavy atom. The number of rotatable bonds is 4. The van der Waals surface area contributed by atoms with Gasteiger partial charge in [-0.25, -0.2) is 0 Å². The average Bonchev–Trinajstić information content (AvgIpc) is 2.59. The van der Waals surface area contributed by atoms with Gasteiger partial charge in [0.25, 0.3) is 0 Å². The van der Waals surface area contributed by atoms with Crippen LogP contribution in [0.25, 0.3) is 0 Å². The van der Waals surface area contributed by atoms with Gasteiger partial charge in [-0.2, -0.15) is 0 Å². The second-order valence-corrected chi connectivity index (χ2v) is 3.35. The standard InChI is InChI=1S/C11H17NO/c1-4-9(3)12-10(5-2)6-7-11(12)8-13/h6-9H,4-5H2,1-3H3/t9-/m1/s1. The van der Waals surface area contributed by atoms with E-state index in [4.69, 9.17) is 0 Å². The molecular formula is C11H17NO.